The summed E-state index contributed by atoms with van der Waals surface area (Å²) < 4.78 is 7.17. The highest BCUT2D eigenvalue weighted by Gasteiger charge is 2.43. The summed E-state index contributed by atoms with van der Waals surface area (Å²) in [6, 6.07) is -0.124. The third-order valence-corrected chi connectivity index (χ3v) is 5.13. The molecule has 23 heavy (non-hydrogen) atoms. The number of nitrogens with zero attached hydrogens (tertiary/aromatic N) is 5. The number of amides is 1. The van der Waals surface area contributed by atoms with E-state index in [2.05, 4.69) is 15.5 Å². The molecule has 0 aromatic carbocycles. The molecule has 128 valence electrons. The number of ether oxygens (including phenoxy) is 1. The van der Waals surface area contributed by atoms with E-state index in [1.54, 1.807) is 24.9 Å². The number of tetrazole rings is 1. The molecule has 3 heterocycles. The van der Waals surface area contributed by atoms with Gasteiger partial charge in [0.1, 0.15) is 6.33 Å². The average Bonchev–Trinajstić information content (AvgIpc) is 3.19. The second kappa shape index (κ2) is 6.16. The Morgan fingerprint density at radius 2 is 2.17 bits per heavy atom. The normalized spacial score (nSPS) is 24.8. The predicted molar refractivity (Wildman–Crippen MR) is 81.5 cm³/mol. The molecule has 1 unspecified atom stereocenters. The van der Waals surface area contributed by atoms with E-state index in [4.69, 9.17) is 4.74 Å². The number of hydrogen-bond acceptors (Lipinski definition) is 6. The molecule has 1 aromatic heterocycles. The molecule has 2 saturated heterocycles. The van der Waals surface area contributed by atoms with Crippen LogP contribution in [0.1, 0.15) is 46.0 Å². The fourth-order valence-corrected chi connectivity index (χ4v) is 3.80. The molecule has 0 saturated carbocycles. The number of carbonyl (C=O) groups is 1. The number of likely N-dealkylation sites (tertiary alicyclic amines) is 1. The van der Waals surface area contributed by atoms with Gasteiger partial charge in [-0.15, -0.1) is 5.10 Å². The lowest BCUT2D eigenvalue weighted by atomic mass is 9.85. The first-order valence-corrected chi connectivity index (χ1v) is 8.25. The van der Waals surface area contributed by atoms with Crippen molar-refractivity contribution >= 4 is 5.91 Å². The minimum Gasteiger partial charge on any atom is -0.388 e. The summed E-state index contributed by atoms with van der Waals surface area (Å²) in [7, 11) is 0. The fraction of sp³-hybridized carbons (Fsp3) is 0.867. The van der Waals surface area contributed by atoms with Crippen molar-refractivity contribution in [3.63, 3.8) is 0 Å². The molecule has 1 amide bonds. The van der Waals surface area contributed by atoms with E-state index in [0.717, 1.165) is 12.8 Å². The van der Waals surface area contributed by atoms with Crippen LogP contribution in [0.4, 0.5) is 0 Å². The van der Waals surface area contributed by atoms with Gasteiger partial charge in [-0.05, 0) is 50.0 Å². The zero-order valence-electron chi connectivity index (χ0n) is 13.8. The molecule has 1 atom stereocenters. The predicted octanol–water partition coefficient (Wildman–Crippen LogP) is 0.331. The van der Waals surface area contributed by atoms with Crippen molar-refractivity contribution < 1.29 is 14.6 Å². The van der Waals surface area contributed by atoms with Crippen LogP contribution in [0.15, 0.2) is 6.33 Å². The lowest BCUT2D eigenvalue weighted by Crippen LogP contribution is -2.51. The summed E-state index contributed by atoms with van der Waals surface area (Å²) >= 11 is 0. The topological polar surface area (TPSA) is 93.4 Å². The third kappa shape index (κ3) is 3.23. The smallest absolute Gasteiger partial charge is 0.225 e. The summed E-state index contributed by atoms with van der Waals surface area (Å²) in [4.78, 5) is 14.8. The van der Waals surface area contributed by atoms with Crippen molar-refractivity contribution in [2.45, 2.75) is 63.1 Å². The van der Waals surface area contributed by atoms with E-state index in [1.807, 2.05) is 4.90 Å². The van der Waals surface area contributed by atoms with Gasteiger partial charge in [-0.1, -0.05) is 0 Å². The molecule has 0 spiro atoms. The molecule has 3 rings (SSSR count). The zero-order valence-corrected chi connectivity index (χ0v) is 13.8. The maximum atomic E-state index is 13.0. The van der Waals surface area contributed by atoms with Gasteiger partial charge in [0.2, 0.25) is 5.91 Å². The van der Waals surface area contributed by atoms with Crippen molar-refractivity contribution in [3.8, 4) is 0 Å². The van der Waals surface area contributed by atoms with Crippen LogP contribution in [0, 0.1) is 0 Å². The number of carbonyl (C=O) groups excluding carboxylic acids is 1. The number of aromatic nitrogens is 4. The van der Waals surface area contributed by atoms with Crippen molar-refractivity contribution in [1.82, 2.24) is 25.1 Å². The number of hydrogen-bond donors (Lipinski definition) is 1. The Bertz CT molecular complexity index is 534. The first-order chi connectivity index (χ1) is 10.9. The lowest BCUT2D eigenvalue weighted by Gasteiger charge is -2.39. The van der Waals surface area contributed by atoms with E-state index < -0.39 is 11.1 Å². The molecule has 2 aliphatic rings. The second-order valence-corrected chi connectivity index (χ2v) is 7.17. The standard InChI is InChI=1S/C15H25N5O3/c1-14(2,22)12-4-3-7-19(12)13(21)10-15(5-8-23-9-6-15)20-11-16-17-18-20/h11-12,22H,3-10H2,1-2H3. The first kappa shape index (κ1) is 16.3. The van der Waals surface area contributed by atoms with Crippen LogP contribution in [-0.2, 0) is 15.1 Å². The largest absolute Gasteiger partial charge is 0.388 e. The third-order valence-electron chi connectivity index (χ3n) is 5.13. The number of rotatable bonds is 4. The summed E-state index contributed by atoms with van der Waals surface area (Å²) in [5.74, 6) is 0.0621. The van der Waals surface area contributed by atoms with Crippen LogP contribution in [0.3, 0.4) is 0 Å². The maximum absolute atomic E-state index is 13.0. The van der Waals surface area contributed by atoms with Crippen LogP contribution in [0.2, 0.25) is 0 Å². The summed E-state index contributed by atoms with van der Waals surface area (Å²) in [5.41, 5.74) is -1.31. The zero-order chi connectivity index (χ0) is 16.5. The molecule has 8 heteroatoms. The van der Waals surface area contributed by atoms with Gasteiger partial charge in [-0.25, -0.2) is 4.68 Å². The monoisotopic (exact) mass is 323 g/mol. The van der Waals surface area contributed by atoms with E-state index in [0.29, 0.717) is 39.0 Å². The molecule has 0 bridgehead atoms. The maximum Gasteiger partial charge on any atom is 0.225 e. The minimum atomic E-state index is -0.885. The van der Waals surface area contributed by atoms with Crippen LogP contribution in [0.5, 0.6) is 0 Å². The van der Waals surface area contributed by atoms with Gasteiger partial charge in [0, 0.05) is 19.8 Å². The van der Waals surface area contributed by atoms with Gasteiger partial charge in [0.05, 0.1) is 23.6 Å². The number of aliphatic hydroxyl groups is 1. The van der Waals surface area contributed by atoms with Crippen LogP contribution in [-0.4, -0.2) is 67.5 Å². The molecule has 1 aromatic rings. The Morgan fingerprint density at radius 1 is 1.43 bits per heavy atom. The van der Waals surface area contributed by atoms with E-state index in [1.165, 1.54) is 0 Å². The Hall–Kier alpha value is -1.54. The quantitative estimate of drug-likeness (QED) is 0.858. The molecular formula is C15H25N5O3. The Labute approximate surface area is 135 Å². The first-order valence-electron chi connectivity index (χ1n) is 8.25. The van der Waals surface area contributed by atoms with Crippen molar-refractivity contribution in [2.24, 2.45) is 0 Å². The lowest BCUT2D eigenvalue weighted by molar-refractivity contribution is -0.140. The highest BCUT2D eigenvalue weighted by atomic mass is 16.5. The SMILES string of the molecule is CC(C)(O)C1CCCN1C(=O)CC1(n2cnnn2)CCOCC1. The van der Waals surface area contributed by atoms with Crippen molar-refractivity contribution in [2.75, 3.05) is 19.8 Å². The van der Waals surface area contributed by atoms with E-state index in [-0.39, 0.29) is 11.9 Å². The highest BCUT2D eigenvalue weighted by molar-refractivity contribution is 5.78. The molecule has 2 aliphatic heterocycles. The van der Waals surface area contributed by atoms with Gasteiger partial charge in [0.15, 0.2) is 0 Å². The Kier molecular flexibility index (Phi) is 4.37. The van der Waals surface area contributed by atoms with E-state index in [9.17, 15) is 9.90 Å². The molecule has 0 radical (unpaired) electrons. The van der Waals surface area contributed by atoms with Crippen molar-refractivity contribution in [3.05, 3.63) is 6.33 Å². The second-order valence-electron chi connectivity index (χ2n) is 7.17. The van der Waals surface area contributed by atoms with Gasteiger partial charge in [-0.3, -0.25) is 4.79 Å². The molecular weight excluding hydrogens is 298 g/mol. The molecule has 1 N–H and O–H groups in total. The summed E-state index contributed by atoms with van der Waals surface area (Å²) in [6.45, 7) is 5.45. The van der Waals surface area contributed by atoms with Gasteiger partial charge >= 0.3 is 0 Å². The van der Waals surface area contributed by atoms with Crippen LogP contribution >= 0.6 is 0 Å². The molecule has 2 fully saturated rings. The van der Waals surface area contributed by atoms with Crippen molar-refractivity contribution in [1.29, 1.82) is 0 Å². The van der Waals surface area contributed by atoms with E-state index >= 15 is 0 Å². The van der Waals surface area contributed by atoms with Gasteiger partial charge in [0.25, 0.3) is 0 Å². The Balaban J connectivity index is 1.79. The molecule has 0 aliphatic carbocycles. The van der Waals surface area contributed by atoms with Gasteiger partial charge in [-0.2, -0.15) is 0 Å². The summed E-state index contributed by atoms with van der Waals surface area (Å²) in [5, 5.41) is 21.8. The minimum absolute atomic E-state index is 0.0621. The van der Waals surface area contributed by atoms with Crippen LogP contribution < -0.4 is 0 Å². The van der Waals surface area contributed by atoms with Gasteiger partial charge < -0.3 is 14.7 Å². The highest BCUT2D eigenvalue weighted by Crippen LogP contribution is 2.35. The summed E-state index contributed by atoms with van der Waals surface area (Å²) in [6.07, 6.45) is 5.12. The average molecular weight is 323 g/mol. The fourth-order valence-electron chi connectivity index (χ4n) is 3.80. The molecule has 8 nitrogen and oxygen atoms in total. The Morgan fingerprint density at radius 3 is 2.78 bits per heavy atom. The van der Waals surface area contributed by atoms with Crippen LogP contribution in [0.25, 0.3) is 0 Å².